The van der Waals surface area contributed by atoms with Gasteiger partial charge in [-0.05, 0) is 34.1 Å². The van der Waals surface area contributed by atoms with Crippen LogP contribution < -0.4 is 4.74 Å². The summed E-state index contributed by atoms with van der Waals surface area (Å²) in [4.78, 5) is 15.4. The fraction of sp³-hybridized carbons (Fsp3) is 0.231. The van der Waals surface area contributed by atoms with E-state index in [2.05, 4.69) is 41.6 Å². The summed E-state index contributed by atoms with van der Waals surface area (Å²) in [6, 6.07) is 5.43. The van der Waals surface area contributed by atoms with Crippen LogP contribution >= 0.6 is 43.5 Å². The van der Waals surface area contributed by atoms with Gasteiger partial charge in [-0.2, -0.15) is 0 Å². The summed E-state index contributed by atoms with van der Waals surface area (Å²) in [5, 5.41) is 1.26. The summed E-state index contributed by atoms with van der Waals surface area (Å²) >= 11 is 12.8. The molecule has 0 unspecified atom stereocenters. The van der Waals surface area contributed by atoms with Gasteiger partial charge in [0.05, 0.1) is 24.6 Å². The third-order valence-corrected chi connectivity index (χ3v) is 4.04. The first-order valence-electron chi connectivity index (χ1n) is 5.67. The van der Waals surface area contributed by atoms with Crippen LogP contribution in [0.3, 0.4) is 0 Å². The first-order chi connectivity index (χ1) is 9.52. The number of aromatic nitrogens is 1. The van der Waals surface area contributed by atoms with E-state index >= 15 is 0 Å². The smallest absolute Gasteiger partial charge is 0.308 e. The second-order valence-electron chi connectivity index (χ2n) is 3.87. The maximum absolute atomic E-state index is 11.1. The van der Waals surface area contributed by atoms with Gasteiger partial charge in [-0.1, -0.05) is 27.5 Å². The number of ether oxygens (including phenoxy) is 2. The van der Waals surface area contributed by atoms with Crippen molar-refractivity contribution in [2.24, 2.45) is 0 Å². The lowest BCUT2D eigenvalue weighted by molar-refractivity contribution is -0.141. The monoisotopic (exact) mass is 421 g/mol. The molecule has 2 rings (SSSR count). The molecule has 0 saturated carbocycles. The molecule has 20 heavy (non-hydrogen) atoms. The van der Waals surface area contributed by atoms with Crippen LogP contribution in [0, 0.1) is 0 Å². The lowest BCUT2D eigenvalue weighted by Crippen LogP contribution is -2.08. The van der Waals surface area contributed by atoms with Gasteiger partial charge in [0, 0.05) is 9.86 Å². The zero-order chi connectivity index (χ0) is 14.7. The molecule has 0 amide bonds. The number of carbonyl (C=O) groups excluding carboxylic acids is 1. The van der Waals surface area contributed by atoms with Crippen molar-refractivity contribution >= 4 is 60.3 Å². The van der Waals surface area contributed by atoms with Crippen LogP contribution in [0.4, 0.5) is 0 Å². The fourth-order valence-electron chi connectivity index (χ4n) is 1.64. The Bertz CT molecular complexity index is 664. The van der Waals surface area contributed by atoms with Gasteiger partial charge in [-0.3, -0.25) is 4.79 Å². The molecular weight excluding hydrogens is 413 g/mol. The van der Waals surface area contributed by atoms with Crippen molar-refractivity contribution in [3.63, 3.8) is 0 Å². The minimum Gasteiger partial charge on any atom is -0.489 e. The van der Waals surface area contributed by atoms with Crippen molar-refractivity contribution in [1.29, 1.82) is 0 Å². The Morgan fingerprint density at radius 2 is 2.10 bits per heavy atom. The Labute approximate surface area is 137 Å². The van der Waals surface area contributed by atoms with Crippen LogP contribution in [0.5, 0.6) is 5.75 Å². The highest BCUT2D eigenvalue weighted by Crippen LogP contribution is 2.38. The summed E-state index contributed by atoms with van der Waals surface area (Å²) in [7, 11) is 1.34. The number of nitrogens with zero attached hydrogens (tertiary/aromatic N) is 1. The molecule has 1 aromatic carbocycles. The lowest BCUT2D eigenvalue weighted by atomic mass is 10.2. The van der Waals surface area contributed by atoms with Crippen LogP contribution in [0.25, 0.3) is 10.9 Å². The second kappa shape index (κ2) is 6.74. The van der Waals surface area contributed by atoms with Gasteiger partial charge in [0.2, 0.25) is 0 Å². The van der Waals surface area contributed by atoms with E-state index in [0.717, 1.165) is 14.3 Å². The number of hydrogen-bond donors (Lipinski definition) is 0. The number of esters is 1. The molecule has 0 saturated heterocycles. The molecule has 0 aliphatic rings. The summed E-state index contributed by atoms with van der Waals surface area (Å²) in [5.41, 5.74) is 0.628. The van der Waals surface area contributed by atoms with E-state index in [1.807, 2.05) is 12.1 Å². The third-order valence-electron chi connectivity index (χ3n) is 2.58. The van der Waals surface area contributed by atoms with Gasteiger partial charge in [0.1, 0.15) is 10.7 Å². The van der Waals surface area contributed by atoms with Gasteiger partial charge in [-0.25, -0.2) is 4.98 Å². The zero-order valence-corrected chi connectivity index (χ0v) is 14.4. The summed E-state index contributed by atoms with van der Waals surface area (Å²) in [6.45, 7) is 0.205. The molecule has 1 aromatic heterocycles. The van der Waals surface area contributed by atoms with Gasteiger partial charge >= 0.3 is 5.97 Å². The maximum atomic E-state index is 11.1. The Kier molecular flexibility index (Phi) is 5.23. The predicted molar refractivity (Wildman–Crippen MR) is 84.3 cm³/mol. The molecule has 0 radical (unpaired) electrons. The molecule has 0 fully saturated rings. The van der Waals surface area contributed by atoms with E-state index in [1.165, 1.54) is 7.11 Å². The number of fused-ring (bicyclic) bond motifs is 1. The number of benzene rings is 1. The van der Waals surface area contributed by atoms with E-state index < -0.39 is 0 Å². The lowest BCUT2D eigenvalue weighted by Gasteiger charge is -2.12. The second-order valence-corrected chi connectivity index (χ2v) is 5.97. The minimum absolute atomic E-state index is 0.168. The van der Waals surface area contributed by atoms with Crippen molar-refractivity contribution in [1.82, 2.24) is 4.98 Å². The Morgan fingerprint density at radius 1 is 1.35 bits per heavy atom. The number of rotatable bonds is 4. The Balaban J connectivity index is 2.36. The van der Waals surface area contributed by atoms with Crippen molar-refractivity contribution in [2.75, 3.05) is 13.7 Å². The topological polar surface area (TPSA) is 48.4 Å². The molecule has 0 aliphatic heterocycles. The Morgan fingerprint density at radius 3 is 2.80 bits per heavy atom. The summed E-state index contributed by atoms with van der Waals surface area (Å²) < 4.78 is 11.8. The highest BCUT2D eigenvalue weighted by molar-refractivity contribution is 9.11. The quantitative estimate of drug-likeness (QED) is 0.542. The highest BCUT2D eigenvalue weighted by atomic mass is 79.9. The molecule has 0 aliphatic carbocycles. The average molecular weight is 423 g/mol. The number of halogens is 3. The third kappa shape index (κ3) is 3.42. The molecule has 1 heterocycles. The van der Waals surface area contributed by atoms with Crippen LogP contribution in [0.15, 0.2) is 27.1 Å². The van der Waals surface area contributed by atoms with E-state index in [0.29, 0.717) is 16.4 Å². The molecule has 4 nitrogen and oxygen atoms in total. The van der Waals surface area contributed by atoms with Crippen LogP contribution in [0.1, 0.15) is 6.42 Å². The number of pyridine rings is 1. The first kappa shape index (κ1) is 15.5. The normalized spacial score (nSPS) is 10.6. The zero-order valence-electron chi connectivity index (χ0n) is 10.5. The summed E-state index contributed by atoms with van der Waals surface area (Å²) in [5.74, 6) is 0.225. The highest BCUT2D eigenvalue weighted by Gasteiger charge is 2.13. The van der Waals surface area contributed by atoms with Gasteiger partial charge in [0.25, 0.3) is 0 Å². The van der Waals surface area contributed by atoms with Crippen molar-refractivity contribution in [3.8, 4) is 5.75 Å². The number of carbonyl (C=O) groups is 1. The van der Waals surface area contributed by atoms with Crippen LogP contribution in [-0.2, 0) is 9.53 Å². The standard InChI is InChI=1S/C13H10Br2ClNO3/c1-19-11(18)4-5-20-13-9(15)6-8(14)7-2-3-10(16)17-12(7)13/h2-3,6H,4-5H2,1H3. The van der Waals surface area contributed by atoms with Gasteiger partial charge in [0.15, 0.2) is 5.75 Å². The molecule has 2 aromatic rings. The molecule has 106 valence electrons. The largest absolute Gasteiger partial charge is 0.489 e. The predicted octanol–water partition coefficient (Wildman–Crippen LogP) is 4.36. The van der Waals surface area contributed by atoms with Crippen molar-refractivity contribution < 1.29 is 14.3 Å². The number of hydrogen-bond acceptors (Lipinski definition) is 4. The minimum atomic E-state index is -0.325. The van der Waals surface area contributed by atoms with E-state index in [9.17, 15) is 4.79 Å². The van der Waals surface area contributed by atoms with E-state index in [4.69, 9.17) is 16.3 Å². The van der Waals surface area contributed by atoms with Crippen molar-refractivity contribution in [3.05, 3.63) is 32.3 Å². The fourth-order valence-corrected chi connectivity index (χ4v) is 3.18. The van der Waals surface area contributed by atoms with Crippen LogP contribution in [-0.4, -0.2) is 24.7 Å². The van der Waals surface area contributed by atoms with Crippen molar-refractivity contribution in [2.45, 2.75) is 6.42 Å². The van der Waals surface area contributed by atoms with Crippen LogP contribution in [0.2, 0.25) is 5.15 Å². The maximum Gasteiger partial charge on any atom is 0.308 e. The van der Waals surface area contributed by atoms with Gasteiger partial charge in [-0.15, -0.1) is 0 Å². The molecule has 7 heteroatoms. The SMILES string of the molecule is COC(=O)CCOc1c(Br)cc(Br)c2ccc(Cl)nc12. The van der Waals surface area contributed by atoms with Gasteiger partial charge < -0.3 is 9.47 Å². The van der Waals surface area contributed by atoms with E-state index in [1.54, 1.807) is 6.07 Å². The molecular formula is C13H10Br2ClNO3. The molecule has 0 atom stereocenters. The van der Waals surface area contributed by atoms with E-state index in [-0.39, 0.29) is 19.0 Å². The molecule has 0 bridgehead atoms. The summed E-state index contributed by atoms with van der Waals surface area (Å²) in [6.07, 6.45) is 0.168. The number of methoxy groups -OCH3 is 1. The Hall–Kier alpha value is -0.850. The molecule has 0 N–H and O–H groups in total. The first-order valence-corrected chi connectivity index (χ1v) is 7.63. The average Bonchev–Trinajstić information content (AvgIpc) is 2.41. The molecule has 0 spiro atoms.